The van der Waals surface area contributed by atoms with Crippen LogP contribution in [-0.4, -0.2) is 33.5 Å². The van der Waals surface area contributed by atoms with Crippen LogP contribution in [0.5, 0.6) is 0 Å². The average Bonchev–Trinajstić information content (AvgIpc) is 3.18. The molecule has 0 amide bonds. The molecule has 0 bridgehead atoms. The molecule has 26 heavy (non-hydrogen) atoms. The smallest absolute Gasteiger partial charge is 0.261 e. The highest BCUT2D eigenvalue weighted by Gasteiger charge is 2.59. The average molecular weight is 371 g/mol. The summed E-state index contributed by atoms with van der Waals surface area (Å²) < 4.78 is 27.9. The molecule has 2 aromatic rings. The zero-order valence-electron chi connectivity index (χ0n) is 15.6. The van der Waals surface area contributed by atoms with Gasteiger partial charge in [0, 0.05) is 24.2 Å². The van der Waals surface area contributed by atoms with Crippen LogP contribution in [0.1, 0.15) is 37.3 Å². The van der Waals surface area contributed by atoms with Gasteiger partial charge < -0.3 is 4.90 Å². The van der Waals surface area contributed by atoms with E-state index in [0.717, 1.165) is 18.0 Å². The van der Waals surface area contributed by atoms with Gasteiger partial charge in [0.15, 0.2) is 0 Å². The van der Waals surface area contributed by atoms with Crippen LogP contribution in [0.2, 0.25) is 0 Å². The monoisotopic (exact) mass is 370 g/mol. The van der Waals surface area contributed by atoms with Crippen LogP contribution in [0.15, 0.2) is 53.4 Å². The number of piperidine rings is 1. The van der Waals surface area contributed by atoms with Gasteiger partial charge in [-0.15, -0.1) is 0 Å². The molecular formula is C21H26N2O2S. The molecule has 1 N–H and O–H groups in total. The van der Waals surface area contributed by atoms with Crippen molar-refractivity contribution in [1.29, 1.82) is 0 Å². The number of hydrogen-bond donors (Lipinski definition) is 1. The largest absolute Gasteiger partial charge is 0.305 e. The maximum absolute atomic E-state index is 12.6. The number of anilines is 1. The van der Waals surface area contributed by atoms with Gasteiger partial charge >= 0.3 is 0 Å². The minimum absolute atomic E-state index is 0.296. The fourth-order valence-corrected chi connectivity index (χ4v) is 5.36. The van der Waals surface area contributed by atoms with E-state index < -0.39 is 10.0 Å². The zero-order chi connectivity index (χ0) is 18.5. The fraction of sp³-hybridized carbons (Fsp3) is 0.429. The van der Waals surface area contributed by atoms with Gasteiger partial charge in [-0.3, -0.25) is 4.72 Å². The highest BCUT2D eigenvalue weighted by atomic mass is 32.2. The van der Waals surface area contributed by atoms with Crippen molar-refractivity contribution in [3.8, 4) is 0 Å². The van der Waals surface area contributed by atoms with Gasteiger partial charge in [-0.1, -0.05) is 38.1 Å². The summed E-state index contributed by atoms with van der Waals surface area (Å²) in [7, 11) is -1.39. The van der Waals surface area contributed by atoms with Crippen molar-refractivity contribution < 1.29 is 8.42 Å². The number of hydrogen-bond acceptors (Lipinski definition) is 3. The maximum Gasteiger partial charge on any atom is 0.261 e. The minimum Gasteiger partial charge on any atom is -0.305 e. The summed E-state index contributed by atoms with van der Waals surface area (Å²) in [5.74, 6) is 1.14. The summed E-state index contributed by atoms with van der Waals surface area (Å²) in [5.41, 5.74) is 3.38. The van der Waals surface area contributed by atoms with Crippen LogP contribution >= 0.6 is 0 Å². The Morgan fingerprint density at radius 3 is 2.27 bits per heavy atom. The Balaban J connectivity index is 1.50. The number of likely N-dealkylation sites (tertiary alicyclic amines) is 1. The topological polar surface area (TPSA) is 49.4 Å². The molecule has 2 atom stereocenters. The van der Waals surface area contributed by atoms with Crippen molar-refractivity contribution in [2.24, 2.45) is 5.92 Å². The lowest BCUT2D eigenvalue weighted by Gasteiger charge is -2.17. The first-order chi connectivity index (χ1) is 12.3. The molecule has 4 nitrogen and oxygen atoms in total. The Hall–Kier alpha value is -1.85. The van der Waals surface area contributed by atoms with Gasteiger partial charge in [0.1, 0.15) is 0 Å². The predicted octanol–water partition coefficient (Wildman–Crippen LogP) is 3.81. The number of sulfonamides is 1. The van der Waals surface area contributed by atoms with E-state index >= 15 is 0 Å². The number of benzene rings is 2. The molecule has 2 aliphatic rings. The Morgan fingerprint density at radius 1 is 1.08 bits per heavy atom. The highest BCUT2D eigenvalue weighted by molar-refractivity contribution is 7.92. The Labute approximate surface area is 156 Å². The zero-order valence-corrected chi connectivity index (χ0v) is 16.4. The van der Waals surface area contributed by atoms with Crippen molar-refractivity contribution in [1.82, 2.24) is 4.90 Å². The SMILES string of the molecule is CC(C)c1ccc(S(=O)(=O)Nc2ccc(C34C[C@@H]3CN(C)C4)cc2)cc1. The van der Waals surface area contributed by atoms with Gasteiger partial charge in [-0.25, -0.2) is 8.42 Å². The Morgan fingerprint density at radius 2 is 1.73 bits per heavy atom. The van der Waals surface area contributed by atoms with Crippen molar-refractivity contribution in [3.05, 3.63) is 59.7 Å². The third-order valence-corrected chi connectivity index (χ3v) is 7.28. The van der Waals surface area contributed by atoms with E-state index in [0.29, 0.717) is 21.9 Å². The van der Waals surface area contributed by atoms with Crippen LogP contribution in [0.3, 0.4) is 0 Å². The Kier molecular flexibility index (Phi) is 4.12. The molecule has 1 aliphatic carbocycles. The molecule has 1 aliphatic heterocycles. The van der Waals surface area contributed by atoms with E-state index in [2.05, 4.69) is 42.6 Å². The lowest BCUT2D eigenvalue weighted by atomic mass is 9.95. The molecule has 2 fully saturated rings. The van der Waals surface area contributed by atoms with Crippen LogP contribution in [0.4, 0.5) is 5.69 Å². The summed E-state index contributed by atoms with van der Waals surface area (Å²) in [6, 6.07) is 15.0. The third kappa shape index (κ3) is 3.03. The predicted molar refractivity (Wildman–Crippen MR) is 105 cm³/mol. The fourth-order valence-electron chi connectivity index (χ4n) is 4.30. The quantitative estimate of drug-likeness (QED) is 0.871. The lowest BCUT2D eigenvalue weighted by Crippen LogP contribution is -2.22. The highest BCUT2D eigenvalue weighted by Crippen LogP contribution is 2.58. The molecule has 1 saturated carbocycles. The molecule has 0 radical (unpaired) electrons. The molecule has 138 valence electrons. The first kappa shape index (κ1) is 17.6. The minimum atomic E-state index is -3.56. The van der Waals surface area contributed by atoms with Gasteiger partial charge in [0.25, 0.3) is 10.0 Å². The Bertz CT molecular complexity index is 904. The van der Waals surface area contributed by atoms with Gasteiger partial charge in [0.2, 0.25) is 0 Å². The van der Waals surface area contributed by atoms with E-state index in [1.165, 1.54) is 18.5 Å². The van der Waals surface area contributed by atoms with Gasteiger partial charge in [-0.2, -0.15) is 0 Å². The first-order valence-electron chi connectivity index (χ1n) is 9.22. The van der Waals surface area contributed by atoms with Crippen LogP contribution in [0, 0.1) is 5.92 Å². The molecule has 5 heteroatoms. The summed E-state index contributed by atoms with van der Waals surface area (Å²) in [4.78, 5) is 2.68. The number of fused-ring (bicyclic) bond motifs is 1. The molecule has 0 spiro atoms. The molecule has 1 saturated heterocycles. The molecule has 1 unspecified atom stereocenters. The van der Waals surface area contributed by atoms with E-state index in [1.807, 2.05) is 24.3 Å². The molecule has 4 rings (SSSR count). The second-order valence-corrected chi connectivity index (χ2v) is 9.84. The van der Waals surface area contributed by atoms with Crippen molar-refractivity contribution in [2.45, 2.75) is 36.5 Å². The normalized spacial score (nSPS) is 25.3. The van der Waals surface area contributed by atoms with Gasteiger partial charge in [0.05, 0.1) is 4.90 Å². The first-order valence-corrected chi connectivity index (χ1v) is 10.7. The van der Waals surface area contributed by atoms with E-state index in [4.69, 9.17) is 0 Å². The summed E-state index contributed by atoms with van der Waals surface area (Å²) >= 11 is 0. The summed E-state index contributed by atoms with van der Waals surface area (Å²) in [5, 5.41) is 0. The summed E-state index contributed by atoms with van der Waals surface area (Å²) in [6.07, 6.45) is 1.25. The van der Waals surface area contributed by atoms with Crippen LogP contribution in [-0.2, 0) is 15.4 Å². The molecule has 1 heterocycles. The summed E-state index contributed by atoms with van der Waals surface area (Å²) in [6.45, 7) is 6.45. The van der Waals surface area contributed by atoms with Crippen molar-refractivity contribution >= 4 is 15.7 Å². The lowest BCUT2D eigenvalue weighted by molar-refractivity contribution is 0.363. The second kappa shape index (κ2) is 6.10. The number of nitrogens with one attached hydrogen (secondary N) is 1. The molecular weight excluding hydrogens is 344 g/mol. The van der Waals surface area contributed by atoms with Gasteiger partial charge in [-0.05, 0) is 60.7 Å². The molecule has 0 aromatic heterocycles. The van der Waals surface area contributed by atoms with E-state index in [1.54, 1.807) is 12.1 Å². The van der Waals surface area contributed by atoms with Crippen LogP contribution < -0.4 is 4.72 Å². The number of likely N-dealkylation sites (N-methyl/N-ethyl adjacent to an activating group) is 1. The van der Waals surface area contributed by atoms with Crippen molar-refractivity contribution in [2.75, 3.05) is 24.9 Å². The maximum atomic E-state index is 12.6. The number of nitrogens with zero attached hydrogens (tertiary/aromatic N) is 1. The third-order valence-electron chi connectivity index (χ3n) is 5.89. The van der Waals surface area contributed by atoms with Crippen molar-refractivity contribution in [3.63, 3.8) is 0 Å². The molecule has 2 aromatic carbocycles. The standard InChI is InChI=1S/C21H26N2O2S/c1-15(2)16-4-10-20(11-5-16)26(24,25)22-19-8-6-17(7-9-19)21-12-18(21)13-23(3)14-21/h4-11,15,18,22H,12-14H2,1-3H3/t18-,21?/m1/s1. The van der Waals surface area contributed by atoms with E-state index in [-0.39, 0.29) is 0 Å². The number of rotatable bonds is 5. The van der Waals surface area contributed by atoms with E-state index in [9.17, 15) is 8.42 Å². The van der Waals surface area contributed by atoms with Crippen LogP contribution in [0.25, 0.3) is 0 Å². The second-order valence-electron chi connectivity index (χ2n) is 8.16.